The molecule has 0 bridgehead atoms. The Hall–Kier alpha value is -2.39. The molecule has 502 valence electrons. The maximum atomic E-state index is 14.5. The molecule has 0 radical (unpaired) electrons. The summed E-state index contributed by atoms with van der Waals surface area (Å²) >= 11 is 0. The van der Waals surface area contributed by atoms with Crippen molar-refractivity contribution < 1.29 is 140 Å². The minimum atomic E-state index is -5.28. The van der Waals surface area contributed by atoms with Crippen molar-refractivity contribution in [2.24, 2.45) is 39.4 Å². The van der Waals surface area contributed by atoms with Gasteiger partial charge in [-0.3, -0.25) is 14.1 Å². The zero-order chi connectivity index (χ0) is 64.3. The van der Waals surface area contributed by atoms with Crippen LogP contribution in [0.4, 0.5) is 0 Å². The van der Waals surface area contributed by atoms with Crippen molar-refractivity contribution >= 4 is 22.2 Å². The average Bonchev–Trinajstić information content (AvgIpc) is 1.46. The Morgan fingerprint density at radius 1 is 0.670 bits per heavy atom. The number of hydrogen-bond acceptors (Lipinski definition) is 28. The number of allylic oxidation sites excluding steroid dienone is 3. The van der Waals surface area contributed by atoms with E-state index in [-0.39, 0.29) is 35.4 Å². The fourth-order valence-electron chi connectivity index (χ4n) is 17.0. The molecule has 0 unspecified atom stereocenters. The Morgan fingerprint density at radius 2 is 1.27 bits per heavy atom. The van der Waals surface area contributed by atoms with Crippen molar-refractivity contribution in [1.29, 1.82) is 0 Å². The summed E-state index contributed by atoms with van der Waals surface area (Å²) in [6.45, 7) is 14.5. The molecule has 6 saturated heterocycles. The second kappa shape index (κ2) is 25.4. The molecule has 6 aliphatic heterocycles. The van der Waals surface area contributed by atoms with Crippen LogP contribution in [0.1, 0.15) is 106 Å². The highest BCUT2D eigenvalue weighted by Crippen LogP contribution is 2.75. The normalized spacial score (nSPS) is 51.1. The van der Waals surface area contributed by atoms with Crippen LogP contribution in [0.25, 0.3) is 0 Å². The van der Waals surface area contributed by atoms with E-state index in [1.807, 2.05) is 27.7 Å². The molecule has 10 aliphatic rings. The number of fused-ring (bicyclic) bond motifs is 4. The zero-order valence-corrected chi connectivity index (χ0v) is 51.1. The lowest BCUT2D eigenvalue weighted by atomic mass is 9.41. The SMILES string of the molecule is C=C(C)CCC[C@]1(C)OC(=O)[C@]23CC[C@H]4C(=CC[C@@H]5C(C)(C)[C@@H](O[C@@H]6OC[C@@H](OS(=O)(=O)O)[C@H](O)[C@H]6O[C@@H]6O[C@H](C)[C@@H](O[C@@H]7O[C@H](CO)[C@@H](O)[C@H](O[C@@H]8O[C@H](CO)[C@@H](O)[C@H](O)[C@H]8O)[C@H]7O)[C@H](O)[C@H]6O[C@@H]6OC[C@@H](O)[C@H](O)[C@H]6O)CC[C@@]54C)[C@]2(C)CC(=O)[C@@H]31. The summed E-state index contributed by atoms with van der Waals surface area (Å²) in [5.74, 6) is -1.000. The second-order valence-corrected chi connectivity index (χ2v) is 28.5. The van der Waals surface area contributed by atoms with Crippen LogP contribution in [-0.4, -0.2) is 265 Å². The third-order valence-electron chi connectivity index (χ3n) is 21.6. The van der Waals surface area contributed by atoms with E-state index < -0.39 is 212 Å². The topological polar surface area (TPSA) is 442 Å². The Labute approximate surface area is 509 Å². The largest absolute Gasteiger partial charge is 0.458 e. The Morgan fingerprint density at radius 3 is 1.93 bits per heavy atom. The van der Waals surface area contributed by atoms with Gasteiger partial charge in [0.05, 0.1) is 50.0 Å². The van der Waals surface area contributed by atoms with E-state index >= 15 is 0 Å². The monoisotopic (exact) mass is 1280 g/mol. The molecule has 30 heteroatoms. The van der Waals surface area contributed by atoms with E-state index in [1.165, 1.54) is 6.92 Å². The number of aliphatic hydroxyl groups excluding tert-OH is 12. The molecule has 1 spiro atoms. The Balaban J connectivity index is 0.908. The van der Waals surface area contributed by atoms with Crippen molar-refractivity contribution in [3.05, 3.63) is 23.8 Å². The standard InChI is InChI=1S/C58H90O29S/c1-23(2)10-9-15-57(8)47-27(61)18-56(7)26-11-12-32-54(4,5)33(14-16-55(32,6)25(26)13-17-58(47,56)53(72)86-57)81-51-45(37(66)31(22-77-51)87-88(73,74)75)85-52-46(84-48-39(68)34(63)28(62)21-76-48)41(70)43(24(3)78-52)82-50-42(71)44(36(65)30(20-60)80-50)83-49-40(69)38(67)35(64)29(19-59)79-49/h11,24-25,28-52,59-60,62-71H,1,9-10,12-22H2,2-8H3,(H,73,74,75)/t24-,25+,28-,29-,30-,31-,32-,33+,34+,35-,36-,37+,38+,39-,40-,41+,42-,43-,44+,45-,46-,47-,48+,49+,50+,51+,52+,55-,56+,57+,58-/m1/s1. The van der Waals surface area contributed by atoms with Crippen LogP contribution in [0, 0.1) is 39.4 Å². The number of ether oxygens (including phenoxy) is 11. The number of Topliss-reactive ketones (excluding diaryl/α,β-unsaturated/α-hetero) is 1. The number of aliphatic hydroxyl groups is 12. The van der Waals surface area contributed by atoms with Crippen molar-refractivity contribution in [3.8, 4) is 0 Å². The van der Waals surface area contributed by atoms with Gasteiger partial charge in [0.15, 0.2) is 31.5 Å². The molecule has 10 rings (SSSR count). The number of hydrogen-bond donors (Lipinski definition) is 13. The summed E-state index contributed by atoms with van der Waals surface area (Å²) in [5.41, 5.74) is -1.76. The maximum Gasteiger partial charge on any atom is 0.397 e. The van der Waals surface area contributed by atoms with Gasteiger partial charge in [-0.1, -0.05) is 44.9 Å². The molecule has 0 aromatic heterocycles. The van der Waals surface area contributed by atoms with E-state index in [0.717, 1.165) is 24.0 Å². The second-order valence-electron chi connectivity index (χ2n) is 27.4. The minimum Gasteiger partial charge on any atom is -0.458 e. The molecular formula is C58H90O29S. The summed E-state index contributed by atoms with van der Waals surface area (Å²) in [7, 11) is -5.28. The number of ketones is 1. The van der Waals surface area contributed by atoms with Gasteiger partial charge < -0.3 is 113 Å². The van der Waals surface area contributed by atoms with Gasteiger partial charge in [-0.15, -0.1) is 6.58 Å². The summed E-state index contributed by atoms with van der Waals surface area (Å²) in [6, 6.07) is 0. The molecule has 88 heavy (non-hydrogen) atoms. The van der Waals surface area contributed by atoms with Crippen molar-refractivity contribution in [2.75, 3.05) is 26.4 Å². The smallest absolute Gasteiger partial charge is 0.397 e. The van der Waals surface area contributed by atoms with Crippen LogP contribution in [0.2, 0.25) is 0 Å². The molecule has 6 heterocycles. The van der Waals surface area contributed by atoms with Gasteiger partial charge in [0.2, 0.25) is 0 Å². The molecule has 31 atom stereocenters. The first-order valence-electron chi connectivity index (χ1n) is 30.4. The maximum absolute atomic E-state index is 14.5. The fraction of sp³-hybridized carbons (Fsp3) is 0.897. The van der Waals surface area contributed by atoms with E-state index in [2.05, 4.69) is 26.5 Å². The van der Waals surface area contributed by atoms with E-state index in [4.69, 9.17) is 56.3 Å². The molecule has 9 fully saturated rings. The van der Waals surface area contributed by atoms with Gasteiger partial charge in [-0.25, -0.2) is 4.18 Å². The van der Waals surface area contributed by atoms with Crippen molar-refractivity contribution in [1.82, 2.24) is 0 Å². The highest BCUT2D eigenvalue weighted by atomic mass is 32.3. The first-order chi connectivity index (χ1) is 41.2. The lowest BCUT2D eigenvalue weighted by molar-refractivity contribution is -0.403. The molecule has 0 aromatic carbocycles. The fourth-order valence-corrected chi connectivity index (χ4v) is 17.5. The van der Waals surface area contributed by atoms with Crippen LogP contribution >= 0.6 is 0 Å². The van der Waals surface area contributed by atoms with Crippen molar-refractivity contribution in [3.63, 3.8) is 0 Å². The summed E-state index contributed by atoms with van der Waals surface area (Å²) in [6.07, 6.45) is -36.1. The quantitative estimate of drug-likeness (QED) is 0.0381. The Kier molecular flexibility index (Phi) is 19.8. The third kappa shape index (κ3) is 11.8. The van der Waals surface area contributed by atoms with Crippen molar-refractivity contribution in [2.45, 2.75) is 259 Å². The molecule has 13 N–H and O–H groups in total. The Bertz CT molecular complexity index is 2680. The van der Waals surface area contributed by atoms with Crippen LogP contribution in [0.5, 0.6) is 0 Å². The van der Waals surface area contributed by atoms with Crippen LogP contribution in [-0.2, 0) is 76.3 Å². The molecule has 0 amide bonds. The first kappa shape index (κ1) is 68.5. The van der Waals surface area contributed by atoms with Gasteiger partial charge in [0.25, 0.3) is 0 Å². The van der Waals surface area contributed by atoms with Gasteiger partial charge in [-0.2, -0.15) is 8.42 Å². The lowest BCUT2D eigenvalue weighted by Gasteiger charge is -2.63. The molecular weight excluding hydrogens is 1190 g/mol. The van der Waals surface area contributed by atoms with Gasteiger partial charge in [0.1, 0.15) is 115 Å². The zero-order valence-electron chi connectivity index (χ0n) is 50.3. The summed E-state index contributed by atoms with van der Waals surface area (Å²) in [5, 5.41) is 131. The predicted molar refractivity (Wildman–Crippen MR) is 293 cm³/mol. The minimum absolute atomic E-state index is 0.0292. The lowest BCUT2D eigenvalue weighted by Crippen LogP contribution is -2.68. The molecule has 29 nitrogen and oxygen atoms in total. The number of carbonyl (C=O) groups excluding carboxylic acids is 2. The molecule has 4 aliphatic carbocycles. The number of carbonyl (C=O) groups is 2. The molecule has 0 aromatic rings. The van der Waals surface area contributed by atoms with Crippen LogP contribution in [0.15, 0.2) is 23.8 Å². The van der Waals surface area contributed by atoms with Crippen LogP contribution in [0.3, 0.4) is 0 Å². The average molecular weight is 1280 g/mol. The first-order valence-corrected chi connectivity index (χ1v) is 31.8. The van der Waals surface area contributed by atoms with E-state index in [1.54, 1.807) is 0 Å². The van der Waals surface area contributed by atoms with Crippen LogP contribution < -0.4 is 0 Å². The number of esters is 1. The molecule has 3 saturated carbocycles. The van der Waals surface area contributed by atoms with E-state index in [0.29, 0.717) is 38.5 Å². The number of rotatable bonds is 18. The highest BCUT2D eigenvalue weighted by molar-refractivity contribution is 7.80. The highest BCUT2D eigenvalue weighted by Gasteiger charge is 2.79. The predicted octanol–water partition coefficient (Wildman–Crippen LogP) is -2.57. The van der Waals surface area contributed by atoms with Gasteiger partial charge in [0, 0.05) is 11.8 Å². The van der Waals surface area contributed by atoms with Gasteiger partial charge in [-0.05, 0) is 94.8 Å². The summed E-state index contributed by atoms with van der Waals surface area (Å²) in [4.78, 5) is 28.9. The number of cyclic esters (lactones) is 1. The van der Waals surface area contributed by atoms with Gasteiger partial charge >= 0.3 is 16.4 Å². The van der Waals surface area contributed by atoms with E-state index in [9.17, 15) is 83.8 Å². The third-order valence-corrected chi connectivity index (χ3v) is 22.1. The summed E-state index contributed by atoms with van der Waals surface area (Å²) < 4.78 is 106.